The van der Waals surface area contributed by atoms with Crippen LogP contribution < -0.4 is 5.32 Å². The summed E-state index contributed by atoms with van der Waals surface area (Å²) in [7, 11) is 1.58. The van der Waals surface area contributed by atoms with E-state index >= 15 is 0 Å². The fraction of sp³-hybridized carbons (Fsp3) is 0.429. The van der Waals surface area contributed by atoms with Crippen LogP contribution in [0, 0.1) is 0 Å². The van der Waals surface area contributed by atoms with Crippen molar-refractivity contribution < 1.29 is 9.59 Å². The standard InChI is InChI=1S/C14H19BrN2O2/c1-4-13(18)17(10(2)14(19)16-3)9-11-6-5-7-12(15)8-11/h5-8,10H,4,9H2,1-3H3,(H,16,19)/t10-/m1/s1. The summed E-state index contributed by atoms with van der Waals surface area (Å²) in [5, 5.41) is 2.58. The van der Waals surface area contributed by atoms with Crippen LogP contribution in [0.2, 0.25) is 0 Å². The van der Waals surface area contributed by atoms with Gasteiger partial charge >= 0.3 is 0 Å². The first kappa shape index (κ1) is 15.7. The number of nitrogens with zero attached hydrogens (tertiary/aromatic N) is 1. The van der Waals surface area contributed by atoms with Gasteiger partial charge in [-0.2, -0.15) is 0 Å². The van der Waals surface area contributed by atoms with Gasteiger partial charge in [0.05, 0.1) is 0 Å². The Morgan fingerprint density at radius 3 is 2.63 bits per heavy atom. The first-order chi connectivity index (χ1) is 8.99. The second-order valence-electron chi connectivity index (χ2n) is 4.30. The first-order valence-corrected chi connectivity index (χ1v) is 7.04. The zero-order valence-corrected chi connectivity index (χ0v) is 13.0. The molecule has 1 N–H and O–H groups in total. The molecule has 19 heavy (non-hydrogen) atoms. The van der Waals surface area contributed by atoms with Gasteiger partial charge in [-0.25, -0.2) is 0 Å². The molecule has 0 aliphatic rings. The Morgan fingerprint density at radius 2 is 2.11 bits per heavy atom. The van der Waals surface area contributed by atoms with Gasteiger partial charge in [0, 0.05) is 24.5 Å². The molecule has 0 bridgehead atoms. The Morgan fingerprint density at radius 1 is 1.42 bits per heavy atom. The Kier molecular flexibility index (Phi) is 6.02. The van der Waals surface area contributed by atoms with Crippen LogP contribution in [-0.2, 0) is 16.1 Å². The molecule has 0 heterocycles. The maximum atomic E-state index is 12.0. The zero-order valence-electron chi connectivity index (χ0n) is 11.4. The van der Waals surface area contributed by atoms with Gasteiger partial charge in [0.1, 0.15) is 6.04 Å². The fourth-order valence-electron chi connectivity index (χ4n) is 1.83. The smallest absolute Gasteiger partial charge is 0.242 e. The Balaban J connectivity index is 2.92. The van der Waals surface area contributed by atoms with E-state index < -0.39 is 6.04 Å². The van der Waals surface area contributed by atoms with Crippen LogP contribution in [0.25, 0.3) is 0 Å². The first-order valence-electron chi connectivity index (χ1n) is 6.25. The molecule has 0 aliphatic heterocycles. The number of hydrogen-bond donors (Lipinski definition) is 1. The van der Waals surface area contributed by atoms with Crippen molar-refractivity contribution in [1.82, 2.24) is 10.2 Å². The quantitative estimate of drug-likeness (QED) is 0.902. The third-order valence-corrected chi connectivity index (χ3v) is 3.45. The number of likely N-dealkylation sites (N-methyl/N-ethyl adjacent to an activating group) is 1. The summed E-state index contributed by atoms with van der Waals surface area (Å²) in [4.78, 5) is 25.3. The number of halogens is 1. The molecular formula is C14H19BrN2O2. The van der Waals surface area contributed by atoms with Crippen LogP contribution in [0.5, 0.6) is 0 Å². The zero-order chi connectivity index (χ0) is 14.4. The molecule has 0 radical (unpaired) electrons. The molecule has 0 saturated carbocycles. The molecule has 1 aromatic carbocycles. The number of hydrogen-bond acceptors (Lipinski definition) is 2. The van der Waals surface area contributed by atoms with Crippen LogP contribution >= 0.6 is 15.9 Å². The van der Waals surface area contributed by atoms with Gasteiger partial charge in [0.25, 0.3) is 0 Å². The Hall–Kier alpha value is -1.36. The number of carbonyl (C=O) groups is 2. The third-order valence-electron chi connectivity index (χ3n) is 2.96. The van der Waals surface area contributed by atoms with E-state index in [1.165, 1.54) is 0 Å². The van der Waals surface area contributed by atoms with Gasteiger partial charge in [0.15, 0.2) is 0 Å². The van der Waals surface area contributed by atoms with Crippen LogP contribution in [0.1, 0.15) is 25.8 Å². The van der Waals surface area contributed by atoms with Crippen molar-refractivity contribution in [2.45, 2.75) is 32.9 Å². The molecular weight excluding hydrogens is 308 g/mol. The summed E-state index contributed by atoms with van der Waals surface area (Å²) in [6.07, 6.45) is 0.384. The van der Waals surface area contributed by atoms with Crippen molar-refractivity contribution in [1.29, 1.82) is 0 Å². The minimum atomic E-state index is -0.476. The number of benzene rings is 1. The summed E-state index contributed by atoms with van der Waals surface area (Å²) in [6, 6.07) is 7.26. The Labute approximate surface area is 122 Å². The van der Waals surface area contributed by atoms with E-state index in [-0.39, 0.29) is 11.8 Å². The maximum absolute atomic E-state index is 12.0. The second kappa shape index (κ2) is 7.28. The minimum absolute atomic E-state index is 0.0314. The number of carbonyl (C=O) groups excluding carboxylic acids is 2. The van der Waals surface area contributed by atoms with Gasteiger partial charge in [-0.1, -0.05) is 35.0 Å². The average Bonchev–Trinajstić information content (AvgIpc) is 2.42. The molecule has 2 amide bonds. The average molecular weight is 327 g/mol. The second-order valence-corrected chi connectivity index (χ2v) is 5.21. The molecule has 0 spiro atoms. The van der Waals surface area contributed by atoms with Gasteiger partial charge < -0.3 is 10.2 Å². The Bertz CT molecular complexity index is 463. The topological polar surface area (TPSA) is 49.4 Å². The molecule has 104 valence electrons. The van der Waals surface area contributed by atoms with Crippen molar-refractivity contribution in [3.63, 3.8) is 0 Å². The highest BCUT2D eigenvalue weighted by Gasteiger charge is 2.24. The lowest BCUT2D eigenvalue weighted by atomic mass is 10.1. The van der Waals surface area contributed by atoms with Crippen molar-refractivity contribution in [2.24, 2.45) is 0 Å². The number of amides is 2. The maximum Gasteiger partial charge on any atom is 0.242 e. The van der Waals surface area contributed by atoms with Crippen LogP contribution in [-0.4, -0.2) is 29.8 Å². The van der Waals surface area contributed by atoms with E-state index in [0.29, 0.717) is 13.0 Å². The van der Waals surface area contributed by atoms with E-state index in [0.717, 1.165) is 10.0 Å². The van der Waals surface area contributed by atoms with Crippen molar-refractivity contribution in [3.8, 4) is 0 Å². The lowest BCUT2D eigenvalue weighted by Crippen LogP contribution is -2.46. The predicted octanol–water partition coefficient (Wildman–Crippen LogP) is 2.32. The SMILES string of the molecule is CCC(=O)N(Cc1cccc(Br)c1)[C@H](C)C(=O)NC. The number of nitrogens with one attached hydrogen (secondary N) is 1. The highest BCUT2D eigenvalue weighted by atomic mass is 79.9. The molecule has 4 nitrogen and oxygen atoms in total. The predicted molar refractivity (Wildman–Crippen MR) is 78.5 cm³/mol. The van der Waals surface area contributed by atoms with Crippen LogP contribution in [0.4, 0.5) is 0 Å². The summed E-state index contributed by atoms with van der Waals surface area (Å²) in [6.45, 7) is 3.97. The highest BCUT2D eigenvalue weighted by Crippen LogP contribution is 2.15. The molecule has 0 unspecified atom stereocenters. The molecule has 1 aromatic rings. The molecule has 1 rings (SSSR count). The van der Waals surface area contributed by atoms with E-state index in [9.17, 15) is 9.59 Å². The minimum Gasteiger partial charge on any atom is -0.357 e. The normalized spacial score (nSPS) is 11.8. The highest BCUT2D eigenvalue weighted by molar-refractivity contribution is 9.10. The summed E-state index contributed by atoms with van der Waals surface area (Å²) in [5.74, 6) is -0.187. The number of rotatable bonds is 5. The van der Waals surface area contributed by atoms with Gasteiger partial charge in [-0.05, 0) is 24.6 Å². The molecule has 0 aliphatic carbocycles. The van der Waals surface area contributed by atoms with Gasteiger partial charge in [0.2, 0.25) is 11.8 Å². The van der Waals surface area contributed by atoms with Crippen molar-refractivity contribution >= 4 is 27.7 Å². The van der Waals surface area contributed by atoms with Crippen LogP contribution in [0.15, 0.2) is 28.7 Å². The monoisotopic (exact) mass is 326 g/mol. The van der Waals surface area contributed by atoms with Crippen molar-refractivity contribution in [3.05, 3.63) is 34.3 Å². The molecule has 0 saturated heterocycles. The molecule has 1 atom stereocenters. The van der Waals surface area contributed by atoms with Crippen LogP contribution in [0.3, 0.4) is 0 Å². The lowest BCUT2D eigenvalue weighted by molar-refractivity contribution is -0.140. The summed E-state index contributed by atoms with van der Waals surface area (Å²) >= 11 is 3.40. The largest absolute Gasteiger partial charge is 0.357 e. The van der Waals surface area contributed by atoms with E-state index in [4.69, 9.17) is 0 Å². The summed E-state index contributed by atoms with van der Waals surface area (Å²) in [5.41, 5.74) is 0.993. The molecule has 0 fully saturated rings. The summed E-state index contributed by atoms with van der Waals surface area (Å²) < 4.78 is 0.960. The van der Waals surface area contributed by atoms with Crippen molar-refractivity contribution in [2.75, 3.05) is 7.05 Å². The third kappa shape index (κ3) is 4.35. The van der Waals surface area contributed by atoms with E-state index in [1.54, 1.807) is 25.8 Å². The van der Waals surface area contributed by atoms with E-state index in [2.05, 4.69) is 21.2 Å². The van der Waals surface area contributed by atoms with Gasteiger partial charge in [-0.3, -0.25) is 9.59 Å². The fourth-order valence-corrected chi connectivity index (χ4v) is 2.27. The molecule has 0 aromatic heterocycles. The van der Waals surface area contributed by atoms with Gasteiger partial charge in [-0.15, -0.1) is 0 Å². The lowest BCUT2D eigenvalue weighted by Gasteiger charge is -2.28. The molecule has 5 heteroatoms. The van der Waals surface area contributed by atoms with E-state index in [1.807, 2.05) is 24.3 Å².